The van der Waals surface area contributed by atoms with E-state index in [1.54, 1.807) is 6.26 Å². The predicted octanol–water partition coefficient (Wildman–Crippen LogP) is 6.57. The van der Waals surface area contributed by atoms with E-state index in [9.17, 15) is 0 Å². The summed E-state index contributed by atoms with van der Waals surface area (Å²) in [6.07, 6.45) is 1.71. The molecule has 0 unspecified atom stereocenters. The number of hydrogen-bond donors (Lipinski definition) is 1. The lowest BCUT2D eigenvalue weighted by Gasteiger charge is -2.39. The van der Waals surface area contributed by atoms with Crippen molar-refractivity contribution in [2.45, 2.75) is 13.0 Å². The summed E-state index contributed by atoms with van der Waals surface area (Å²) < 4.78 is 7.93. The molecular formula is C29H22N6O. The van der Waals surface area contributed by atoms with Crippen LogP contribution in [0.1, 0.15) is 23.1 Å². The monoisotopic (exact) mass is 470 g/mol. The van der Waals surface area contributed by atoms with Crippen LogP contribution in [0.15, 0.2) is 118 Å². The van der Waals surface area contributed by atoms with E-state index in [0.717, 1.165) is 45.6 Å². The van der Waals surface area contributed by atoms with Gasteiger partial charge in [0, 0.05) is 5.69 Å². The minimum atomic E-state index is -0.260. The van der Waals surface area contributed by atoms with Crippen LogP contribution in [0.25, 0.3) is 5.69 Å². The van der Waals surface area contributed by atoms with Crippen LogP contribution in [0.2, 0.25) is 0 Å². The minimum absolute atomic E-state index is 0.260. The number of aryl methyl sites for hydroxylation is 1. The smallest absolute Gasteiger partial charge is 0.179 e. The number of anilines is 2. The Kier molecular flexibility index (Phi) is 4.60. The average molecular weight is 471 g/mol. The van der Waals surface area contributed by atoms with E-state index < -0.39 is 0 Å². The van der Waals surface area contributed by atoms with Crippen LogP contribution in [0, 0.1) is 6.92 Å². The molecule has 7 rings (SSSR count). The second kappa shape index (κ2) is 8.09. The summed E-state index contributed by atoms with van der Waals surface area (Å²) in [5, 5.41) is 8.43. The average Bonchev–Trinajstić information content (AvgIpc) is 3.57. The fraction of sp³-hybridized carbons (Fsp3) is 0.0690. The molecule has 174 valence electrons. The number of benzene rings is 3. The van der Waals surface area contributed by atoms with Gasteiger partial charge in [0.2, 0.25) is 0 Å². The van der Waals surface area contributed by atoms with Crippen molar-refractivity contribution in [2.75, 3.05) is 10.2 Å². The van der Waals surface area contributed by atoms with Crippen LogP contribution < -0.4 is 10.2 Å². The lowest BCUT2D eigenvalue weighted by molar-refractivity contribution is 0.487. The number of aliphatic imine (C=N–C) groups is 2. The number of nitrogens with zero attached hydrogens (tertiary/aromatic N) is 5. The Labute approximate surface area is 208 Å². The van der Waals surface area contributed by atoms with Crippen molar-refractivity contribution in [2.24, 2.45) is 9.98 Å². The summed E-state index contributed by atoms with van der Waals surface area (Å²) in [7, 11) is 0. The number of fused-ring (bicyclic) bond motifs is 4. The first kappa shape index (κ1) is 20.5. The molecule has 2 aliphatic heterocycles. The van der Waals surface area contributed by atoms with Gasteiger partial charge in [-0.15, -0.1) is 0 Å². The molecule has 1 N–H and O–H groups in total. The molecule has 0 amide bonds. The molecule has 0 saturated heterocycles. The zero-order valence-corrected chi connectivity index (χ0v) is 19.5. The second-order valence-electron chi connectivity index (χ2n) is 8.73. The third-order valence-electron chi connectivity index (χ3n) is 6.49. The molecule has 0 spiro atoms. The Morgan fingerprint density at radius 2 is 1.56 bits per heavy atom. The van der Waals surface area contributed by atoms with Gasteiger partial charge in [-0.2, -0.15) is 5.10 Å². The molecule has 5 aromatic rings. The van der Waals surface area contributed by atoms with Gasteiger partial charge in [0.1, 0.15) is 11.8 Å². The molecule has 2 aromatic heterocycles. The summed E-state index contributed by atoms with van der Waals surface area (Å²) in [5.74, 6) is 2.97. The minimum Gasteiger partial charge on any atom is -0.467 e. The third kappa shape index (κ3) is 3.17. The van der Waals surface area contributed by atoms with Crippen LogP contribution >= 0.6 is 0 Å². The number of rotatable bonds is 3. The molecule has 0 fully saturated rings. The van der Waals surface area contributed by atoms with Gasteiger partial charge >= 0.3 is 0 Å². The molecule has 0 aliphatic carbocycles. The van der Waals surface area contributed by atoms with Crippen molar-refractivity contribution in [1.82, 2.24) is 9.78 Å². The first-order chi connectivity index (χ1) is 17.8. The van der Waals surface area contributed by atoms with Crippen LogP contribution in [0.3, 0.4) is 0 Å². The third-order valence-corrected chi connectivity index (χ3v) is 6.49. The second-order valence-corrected chi connectivity index (χ2v) is 8.73. The van der Waals surface area contributed by atoms with E-state index in [1.165, 1.54) is 0 Å². The highest BCUT2D eigenvalue weighted by atomic mass is 16.3. The summed E-state index contributed by atoms with van der Waals surface area (Å²) >= 11 is 0. The molecule has 0 bridgehead atoms. The molecule has 7 heteroatoms. The highest BCUT2D eigenvalue weighted by Gasteiger charge is 2.42. The number of amidine groups is 2. The van der Waals surface area contributed by atoms with Gasteiger partial charge in [0.25, 0.3) is 0 Å². The molecule has 2 aliphatic rings. The van der Waals surface area contributed by atoms with Crippen molar-refractivity contribution in [3.05, 3.63) is 120 Å². The lowest BCUT2D eigenvalue weighted by Crippen LogP contribution is -2.46. The molecule has 4 heterocycles. The Hall–Kier alpha value is -4.91. The summed E-state index contributed by atoms with van der Waals surface area (Å²) in [5.41, 5.74) is 5.62. The van der Waals surface area contributed by atoms with E-state index in [1.807, 2.05) is 103 Å². The maximum atomic E-state index is 6.02. The van der Waals surface area contributed by atoms with Crippen LogP contribution in [0.4, 0.5) is 22.9 Å². The quantitative estimate of drug-likeness (QED) is 0.324. The van der Waals surface area contributed by atoms with Gasteiger partial charge in [0.05, 0.1) is 34.6 Å². The zero-order valence-electron chi connectivity index (χ0n) is 19.5. The number of aromatic nitrogens is 2. The topological polar surface area (TPSA) is 71.0 Å². The van der Waals surface area contributed by atoms with Crippen molar-refractivity contribution in [3.63, 3.8) is 0 Å². The van der Waals surface area contributed by atoms with E-state index in [0.29, 0.717) is 11.7 Å². The van der Waals surface area contributed by atoms with Crippen molar-refractivity contribution < 1.29 is 4.42 Å². The highest BCUT2D eigenvalue weighted by molar-refractivity contribution is 6.51. The molecule has 0 saturated carbocycles. The van der Waals surface area contributed by atoms with Gasteiger partial charge in [-0.3, -0.25) is 0 Å². The van der Waals surface area contributed by atoms with Crippen LogP contribution in [-0.4, -0.2) is 21.5 Å². The summed E-state index contributed by atoms with van der Waals surface area (Å²) in [6, 6.07) is 31.9. The largest absolute Gasteiger partial charge is 0.467 e. The predicted molar refractivity (Wildman–Crippen MR) is 142 cm³/mol. The van der Waals surface area contributed by atoms with Crippen molar-refractivity contribution in [1.29, 1.82) is 0 Å². The normalized spacial score (nSPS) is 15.9. The Morgan fingerprint density at radius 3 is 2.33 bits per heavy atom. The fourth-order valence-electron chi connectivity index (χ4n) is 4.92. The van der Waals surface area contributed by atoms with Crippen molar-refractivity contribution >= 4 is 34.6 Å². The van der Waals surface area contributed by atoms with Gasteiger partial charge in [0.15, 0.2) is 17.5 Å². The van der Waals surface area contributed by atoms with Crippen molar-refractivity contribution in [3.8, 4) is 5.69 Å². The molecule has 7 nitrogen and oxygen atoms in total. The van der Waals surface area contributed by atoms with Gasteiger partial charge < -0.3 is 14.6 Å². The first-order valence-corrected chi connectivity index (χ1v) is 11.8. The van der Waals surface area contributed by atoms with E-state index in [4.69, 9.17) is 19.5 Å². The molecule has 1 atom stereocenters. The molecule has 0 radical (unpaired) electrons. The maximum Gasteiger partial charge on any atom is 0.179 e. The Morgan fingerprint density at radius 1 is 0.806 bits per heavy atom. The molecular weight excluding hydrogens is 448 g/mol. The van der Waals surface area contributed by atoms with Gasteiger partial charge in [-0.1, -0.05) is 48.5 Å². The maximum absolute atomic E-state index is 6.02. The van der Waals surface area contributed by atoms with E-state index in [-0.39, 0.29) is 6.04 Å². The van der Waals surface area contributed by atoms with Gasteiger partial charge in [-0.25, -0.2) is 14.7 Å². The van der Waals surface area contributed by atoms with Crippen LogP contribution in [0.5, 0.6) is 0 Å². The first-order valence-electron chi connectivity index (χ1n) is 11.8. The SMILES string of the molecule is Cc1nn(-c2ccccc2)c2c1[C@@H](c1ccco1)N1C(=N2)C(Nc2ccccc2)=Nc2ccccc21. The van der Waals surface area contributed by atoms with Gasteiger partial charge in [-0.05, 0) is 55.5 Å². The standard InChI is InChI=1S/C29H22N6O/c1-19-25-26(24-17-10-18-36-24)34-23-16-9-8-15-22(23)31-27(30-20-11-4-2-5-12-20)29(34)32-28(25)35(33-19)21-13-6-3-7-14-21/h2-18,26H,1H3,(H,30,31)/t26-/m1/s1. The Bertz CT molecular complexity index is 1620. The number of hydrogen-bond acceptors (Lipinski definition) is 6. The number of nitrogens with one attached hydrogen (secondary N) is 1. The van der Waals surface area contributed by atoms with E-state index >= 15 is 0 Å². The summed E-state index contributed by atoms with van der Waals surface area (Å²) in [6.45, 7) is 2.03. The molecule has 36 heavy (non-hydrogen) atoms. The zero-order chi connectivity index (χ0) is 24.1. The Balaban J connectivity index is 1.50. The number of furan rings is 1. The molecule has 3 aromatic carbocycles. The van der Waals surface area contributed by atoms with E-state index in [2.05, 4.69) is 16.3 Å². The number of para-hydroxylation sites is 4. The van der Waals surface area contributed by atoms with Crippen LogP contribution in [-0.2, 0) is 0 Å². The lowest BCUT2D eigenvalue weighted by atomic mass is 9.98. The summed E-state index contributed by atoms with van der Waals surface area (Å²) in [4.78, 5) is 12.4. The highest BCUT2D eigenvalue weighted by Crippen LogP contribution is 2.48. The fourth-order valence-corrected chi connectivity index (χ4v) is 4.92.